The fourth-order valence-corrected chi connectivity index (χ4v) is 1.72. The molecule has 0 aliphatic rings. The average Bonchev–Trinajstić information content (AvgIpc) is 2.54. The summed E-state index contributed by atoms with van der Waals surface area (Å²) in [5, 5.41) is 12.8. The van der Waals surface area contributed by atoms with Crippen LogP contribution in [-0.2, 0) is 6.54 Å². The third kappa shape index (κ3) is 3.32. The predicted octanol–water partition coefficient (Wildman–Crippen LogP) is 1.88. The summed E-state index contributed by atoms with van der Waals surface area (Å²) in [5.74, 6) is 0.896. The second kappa shape index (κ2) is 6.01. The number of aryl methyl sites for hydroxylation is 2. The first-order chi connectivity index (χ1) is 7.56. The van der Waals surface area contributed by atoms with E-state index in [0.29, 0.717) is 6.04 Å². The molecule has 1 aromatic rings. The van der Waals surface area contributed by atoms with Crippen LogP contribution in [-0.4, -0.2) is 34.4 Å². The van der Waals surface area contributed by atoms with Gasteiger partial charge in [-0.15, -0.1) is 0 Å². The van der Waals surface area contributed by atoms with Gasteiger partial charge in [0, 0.05) is 31.3 Å². The summed E-state index contributed by atoms with van der Waals surface area (Å²) in [6.07, 6.45) is 0.807. The van der Waals surface area contributed by atoms with Crippen molar-refractivity contribution in [1.82, 2.24) is 10.1 Å². The zero-order valence-corrected chi connectivity index (χ0v) is 10.7. The minimum Gasteiger partial charge on any atom is -0.396 e. The molecule has 0 radical (unpaired) electrons. The van der Waals surface area contributed by atoms with Crippen LogP contribution in [0.15, 0.2) is 4.52 Å². The summed E-state index contributed by atoms with van der Waals surface area (Å²) >= 11 is 0. The first-order valence-electron chi connectivity index (χ1n) is 5.83. The van der Waals surface area contributed by atoms with Gasteiger partial charge in [0.05, 0.1) is 5.69 Å². The summed E-state index contributed by atoms with van der Waals surface area (Å²) < 4.78 is 5.15. The van der Waals surface area contributed by atoms with Crippen molar-refractivity contribution < 1.29 is 9.63 Å². The highest BCUT2D eigenvalue weighted by molar-refractivity contribution is 5.20. The van der Waals surface area contributed by atoms with E-state index in [1.165, 1.54) is 5.56 Å². The lowest BCUT2D eigenvalue weighted by Gasteiger charge is -2.25. The van der Waals surface area contributed by atoms with Crippen LogP contribution in [0.1, 0.15) is 37.3 Å². The third-order valence-corrected chi connectivity index (χ3v) is 2.88. The van der Waals surface area contributed by atoms with Crippen LogP contribution in [0, 0.1) is 13.8 Å². The predicted molar refractivity (Wildman–Crippen MR) is 63.2 cm³/mol. The monoisotopic (exact) mass is 226 g/mol. The molecule has 0 amide bonds. The molecule has 4 heteroatoms. The Kier molecular flexibility index (Phi) is 4.96. The molecule has 0 aliphatic heterocycles. The minimum atomic E-state index is 0.241. The maximum absolute atomic E-state index is 8.87. The van der Waals surface area contributed by atoms with Crippen LogP contribution in [0.2, 0.25) is 0 Å². The van der Waals surface area contributed by atoms with Crippen molar-refractivity contribution >= 4 is 0 Å². The molecule has 1 rings (SSSR count). The number of rotatable bonds is 6. The smallest absolute Gasteiger partial charge is 0.138 e. The average molecular weight is 226 g/mol. The van der Waals surface area contributed by atoms with E-state index < -0.39 is 0 Å². The Balaban J connectivity index is 2.67. The van der Waals surface area contributed by atoms with E-state index in [1.807, 2.05) is 13.8 Å². The molecule has 0 aliphatic carbocycles. The van der Waals surface area contributed by atoms with E-state index in [1.54, 1.807) is 0 Å². The summed E-state index contributed by atoms with van der Waals surface area (Å²) in [4.78, 5) is 2.32. The van der Waals surface area contributed by atoms with Crippen LogP contribution in [0.25, 0.3) is 0 Å². The quantitative estimate of drug-likeness (QED) is 0.804. The van der Waals surface area contributed by atoms with Crippen molar-refractivity contribution in [2.45, 2.75) is 46.7 Å². The SMILES string of the molecule is Cc1noc(C)c1CN(CCCO)C(C)C. The van der Waals surface area contributed by atoms with E-state index in [2.05, 4.69) is 23.9 Å². The van der Waals surface area contributed by atoms with Gasteiger partial charge in [0.15, 0.2) is 0 Å². The number of aliphatic hydroxyl groups is 1. The van der Waals surface area contributed by atoms with Gasteiger partial charge in [-0.1, -0.05) is 5.16 Å². The molecule has 1 heterocycles. The standard InChI is InChI=1S/C12H22N2O2/c1-9(2)14(6-5-7-15)8-12-10(3)13-16-11(12)4/h9,15H,5-8H2,1-4H3. The van der Waals surface area contributed by atoms with Gasteiger partial charge >= 0.3 is 0 Å². The molecule has 0 spiro atoms. The number of hydrogen-bond donors (Lipinski definition) is 1. The second-order valence-corrected chi connectivity index (χ2v) is 4.44. The fourth-order valence-electron chi connectivity index (χ4n) is 1.72. The summed E-state index contributed by atoms with van der Waals surface area (Å²) in [6.45, 7) is 10.2. The maximum atomic E-state index is 8.87. The molecule has 92 valence electrons. The fraction of sp³-hybridized carbons (Fsp3) is 0.750. The van der Waals surface area contributed by atoms with Crippen LogP contribution in [0.3, 0.4) is 0 Å². The third-order valence-electron chi connectivity index (χ3n) is 2.88. The van der Waals surface area contributed by atoms with E-state index >= 15 is 0 Å². The lowest BCUT2D eigenvalue weighted by Crippen LogP contribution is -2.32. The first-order valence-corrected chi connectivity index (χ1v) is 5.83. The van der Waals surface area contributed by atoms with Gasteiger partial charge in [0.1, 0.15) is 5.76 Å². The van der Waals surface area contributed by atoms with Crippen molar-refractivity contribution in [3.05, 3.63) is 17.0 Å². The van der Waals surface area contributed by atoms with Gasteiger partial charge in [0.25, 0.3) is 0 Å². The van der Waals surface area contributed by atoms with Gasteiger partial charge in [-0.2, -0.15) is 0 Å². The number of nitrogens with zero attached hydrogens (tertiary/aromatic N) is 2. The maximum Gasteiger partial charge on any atom is 0.138 e. The van der Waals surface area contributed by atoms with Crippen LogP contribution < -0.4 is 0 Å². The van der Waals surface area contributed by atoms with E-state index in [9.17, 15) is 0 Å². The zero-order chi connectivity index (χ0) is 12.1. The van der Waals surface area contributed by atoms with Crippen molar-refractivity contribution in [1.29, 1.82) is 0 Å². The van der Waals surface area contributed by atoms with Gasteiger partial charge in [-0.25, -0.2) is 0 Å². The van der Waals surface area contributed by atoms with Crippen molar-refractivity contribution in [2.24, 2.45) is 0 Å². The molecule has 1 N–H and O–H groups in total. The van der Waals surface area contributed by atoms with E-state index in [-0.39, 0.29) is 6.61 Å². The van der Waals surface area contributed by atoms with Gasteiger partial charge in [-0.05, 0) is 34.1 Å². The number of hydrogen-bond acceptors (Lipinski definition) is 4. The van der Waals surface area contributed by atoms with Gasteiger partial charge in [0.2, 0.25) is 0 Å². The highest BCUT2D eigenvalue weighted by atomic mass is 16.5. The number of aromatic nitrogens is 1. The summed E-state index contributed by atoms with van der Waals surface area (Å²) in [6, 6.07) is 0.459. The number of aliphatic hydroxyl groups excluding tert-OH is 1. The van der Waals surface area contributed by atoms with E-state index in [4.69, 9.17) is 9.63 Å². The van der Waals surface area contributed by atoms with Crippen LogP contribution in [0.5, 0.6) is 0 Å². The molecule has 0 atom stereocenters. The second-order valence-electron chi connectivity index (χ2n) is 4.44. The molecule has 0 saturated heterocycles. The molecule has 1 aromatic heterocycles. The topological polar surface area (TPSA) is 49.5 Å². The summed E-state index contributed by atoms with van der Waals surface area (Å²) in [7, 11) is 0. The van der Waals surface area contributed by atoms with Crippen LogP contribution in [0.4, 0.5) is 0 Å². The van der Waals surface area contributed by atoms with Gasteiger partial charge < -0.3 is 9.63 Å². The molecule has 4 nitrogen and oxygen atoms in total. The Bertz CT molecular complexity index is 301. The molecular formula is C12H22N2O2. The van der Waals surface area contributed by atoms with Crippen molar-refractivity contribution in [3.8, 4) is 0 Å². The summed E-state index contributed by atoms with van der Waals surface area (Å²) in [5.41, 5.74) is 2.14. The van der Waals surface area contributed by atoms with Crippen LogP contribution >= 0.6 is 0 Å². The molecule has 0 bridgehead atoms. The minimum absolute atomic E-state index is 0.241. The Labute approximate surface area is 97.2 Å². The van der Waals surface area contributed by atoms with Crippen molar-refractivity contribution in [2.75, 3.05) is 13.2 Å². The molecule has 0 saturated carbocycles. The highest BCUT2D eigenvalue weighted by Gasteiger charge is 2.15. The lowest BCUT2D eigenvalue weighted by atomic mass is 10.1. The molecular weight excluding hydrogens is 204 g/mol. The zero-order valence-electron chi connectivity index (χ0n) is 10.7. The Hall–Kier alpha value is -0.870. The molecule has 0 aromatic carbocycles. The lowest BCUT2D eigenvalue weighted by molar-refractivity contribution is 0.184. The largest absolute Gasteiger partial charge is 0.396 e. The first kappa shape index (κ1) is 13.2. The molecule has 0 unspecified atom stereocenters. The van der Waals surface area contributed by atoms with E-state index in [0.717, 1.165) is 31.0 Å². The molecule has 0 fully saturated rings. The van der Waals surface area contributed by atoms with Gasteiger partial charge in [-0.3, -0.25) is 4.90 Å². The molecule has 16 heavy (non-hydrogen) atoms. The Morgan fingerprint density at radius 3 is 2.50 bits per heavy atom. The highest BCUT2D eigenvalue weighted by Crippen LogP contribution is 2.16. The Morgan fingerprint density at radius 2 is 2.06 bits per heavy atom. The van der Waals surface area contributed by atoms with Crippen molar-refractivity contribution in [3.63, 3.8) is 0 Å². The Morgan fingerprint density at radius 1 is 1.38 bits per heavy atom. The normalized spacial score (nSPS) is 11.7.